The van der Waals surface area contributed by atoms with E-state index in [4.69, 9.17) is 10.2 Å². The van der Waals surface area contributed by atoms with E-state index >= 15 is 0 Å². The SMILES string of the molecule is Cc1c(O)c(C(F)(F)F)cc(O)c1C(F)(F)F. The first-order valence-corrected chi connectivity index (χ1v) is 4.16. The van der Waals surface area contributed by atoms with Gasteiger partial charge in [0.1, 0.15) is 22.6 Å². The van der Waals surface area contributed by atoms with E-state index in [0.29, 0.717) is 6.92 Å². The number of aromatic hydroxyl groups is 2. The third-order valence-electron chi connectivity index (χ3n) is 2.11. The van der Waals surface area contributed by atoms with E-state index in [-0.39, 0.29) is 6.07 Å². The highest BCUT2D eigenvalue weighted by atomic mass is 19.4. The van der Waals surface area contributed by atoms with Crippen LogP contribution in [0.5, 0.6) is 11.5 Å². The van der Waals surface area contributed by atoms with E-state index in [1.165, 1.54) is 0 Å². The van der Waals surface area contributed by atoms with Gasteiger partial charge in [0, 0.05) is 5.56 Å². The summed E-state index contributed by atoms with van der Waals surface area (Å²) in [7, 11) is 0. The Kier molecular flexibility index (Phi) is 2.94. The Morgan fingerprint density at radius 2 is 1.41 bits per heavy atom. The quantitative estimate of drug-likeness (QED) is 0.554. The highest BCUT2D eigenvalue weighted by molar-refractivity contribution is 5.54. The summed E-state index contributed by atoms with van der Waals surface area (Å²) in [5.74, 6) is -3.11. The maximum atomic E-state index is 12.4. The van der Waals surface area contributed by atoms with Crippen LogP contribution in [0.3, 0.4) is 0 Å². The van der Waals surface area contributed by atoms with Crippen LogP contribution < -0.4 is 0 Å². The molecule has 0 aliphatic heterocycles. The lowest BCUT2D eigenvalue weighted by molar-refractivity contribution is -0.143. The molecule has 0 atom stereocenters. The van der Waals surface area contributed by atoms with Gasteiger partial charge >= 0.3 is 12.4 Å². The predicted molar refractivity (Wildman–Crippen MR) is 44.5 cm³/mol. The third kappa shape index (κ3) is 2.40. The minimum Gasteiger partial charge on any atom is -0.507 e. The summed E-state index contributed by atoms with van der Waals surface area (Å²) in [6.45, 7) is 0.646. The summed E-state index contributed by atoms with van der Waals surface area (Å²) in [6.07, 6.45) is -10.1. The van der Waals surface area contributed by atoms with Gasteiger partial charge in [-0.25, -0.2) is 0 Å². The Labute approximate surface area is 91.1 Å². The summed E-state index contributed by atoms with van der Waals surface area (Å²) in [5, 5.41) is 18.0. The van der Waals surface area contributed by atoms with E-state index in [1.807, 2.05) is 0 Å². The Bertz CT molecular complexity index is 446. The molecule has 1 aromatic carbocycles. The summed E-state index contributed by atoms with van der Waals surface area (Å²) in [4.78, 5) is 0. The van der Waals surface area contributed by atoms with Gasteiger partial charge in [-0.1, -0.05) is 0 Å². The van der Waals surface area contributed by atoms with Crippen LogP contribution in [0.25, 0.3) is 0 Å². The van der Waals surface area contributed by atoms with Crippen molar-refractivity contribution in [3.63, 3.8) is 0 Å². The van der Waals surface area contributed by atoms with Crippen LogP contribution in [0, 0.1) is 6.92 Å². The maximum Gasteiger partial charge on any atom is 0.420 e. The van der Waals surface area contributed by atoms with E-state index < -0.39 is 40.5 Å². The number of phenols is 2. The lowest BCUT2D eigenvalue weighted by Gasteiger charge is -2.17. The lowest BCUT2D eigenvalue weighted by atomic mass is 10.0. The van der Waals surface area contributed by atoms with Crippen LogP contribution in [0.15, 0.2) is 6.07 Å². The van der Waals surface area contributed by atoms with E-state index in [0.717, 1.165) is 0 Å². The van der Waals surface area contributed by atoms with E-state index in [1.54, 1.807) is 0 Å². The number of phenolic OH excluding ortho intramolecular Hbond substituents is 2. The number of hydrogen-bond donors (Lipinski definition) is 2. The van der Waals surface area contributed by atoms with Crippen molar-refractivity contribution in [2.45, 2.75) is 19.3 Å². The molecule has 0 spiro atoms. The van der Waals surface area contributed by atoms with Crippen molar-refractivity contribution < 1.29 is 36.6 Å². The fourth-order valence-electron chi connectivity index (χ4n) is 1.36. The van der Waals surface area contributed by atoms with Crippen molar-refractivity contribution >= 4 is 0 Å². The minimum absolute atomic E-state index is 0.148. The molecular weight excluding hydrogens is 254 g/mol. The van der Waals surface area contributed by atoms with E-state index in [9.17, 15) is 26.3 Å². The normalized spacial score (nSPS) is 12.9. The molecule has 2 nitrogen and oxygen atoms in total. The van der Waals surface area contributed by atoms with Gasteiger partial charge in [0.05, 0.1) is 0 Å². The standard InChI is InChI=1S/C9H6F6O2/c1-3-6(9(13,14)15)5(16)2-4(7(3)17)8(10,11)12/h2,16-17H,1H3. The molecule has 0 aromatic heterocycles. The number of benzene rings is 1. The fourth-order valence-corrected chi connectivity index (χ4v) is 1.36. The number of hydrogen-bond acceptors (Lipinski definition) is 2. The molecule has 0 aliphatic rings. The van der Waals surface area contributed by atoms with Crippen LogP contribution in [0.4, 0.5) is 26.3 Å². The summed E-state index contributed by atoms with van der Waals surface area (Å²) < 4.78 is 74.0. The van der Waals surface area contributed by atoms with Gasteiger partial charge < -0.3 is 10.2 Å². The molecule has 96 valence electrons. The molecule has 0 heterocycles. The topological polar surface area (TPSA) is 40.5 Å². The Morgan fingerprint density at radius 3 is 1.76 bits per heavy atom. The summed E-state index contributed by atoms with van der Waals surface area (Å²) in [5.41, 5.74) is -4.45. The number of halogens is 6. The molecule has 1 aromatic rings. The van der Waals surface area contributed by atoms with Crippen molar-refractivity contribution in [1.29, 1.82) is 0 Å². The van der Waals surface area contributed by atoms with Gasteiger partial charge in [0.15, 0.2) is 0 Å². The molecule has 0 radical (unpaired) electrons. The van der Waals surface area contributed by atoms with Crippen molar-refractivity contribution in [2.75, 3.05) is 0 Å². The van der Waals surface area contributed by atoms with Gasteiger partial charge in [0.2, 0.25) is 0 Å². The zero-order valence-corrected chi connectivity index (χ0v) is 8.24. The van der Waals surface area contributed by atoms with Crippen molar-refractivity contribution in [2.24, 2.45) is 0 Å². The smallest absolute Gasteiger partial charge is 0.420 e. The van der Waals surface area contributed by atoms with Crippen molar-refractivity contribution in [1.82, 2.24) is 0 Å². The largest absolute Gasteiger partial charge is 0.507 e. The molecule has 0 saturated heterocycles. The van der Waals surface area contributed by atoms with Gasteiger partial charge in [-0.15, -0.1) is 0 Å². The highest BCUT2D eigenvalue weighted by Crippen LogP contribution is 2.46. The lowest BCUT2D eigenvalue weighted by Crippen LogP contribution is -2.12. The number of alkyl halides is 6. The Balaban J connectivity index is 3.60. The highest BCUT2D eigenvalue weighted by Gasteiger charge is 2.42. The molecule has 0 amide bonds. The summed E-state index contributed by atoms with van der Waals surface area (Å²) >= 11 is 0. The van der Waals surface area contributed by atoms with Crippen LogP contribution in [0.1, 0.15) is 16.7 Å². The second-order valence-electron chi connectivity index (χ2n) is 3.29. The Hall–Kier alpha value is -1.60. The van der Waals surface area contributed by atoms with Gasteiger partial charge in [-0.2, -0.15) is 26.3 Å². The van der Waals surface area contributed by atoms with Gasteiger partial charge in [-0.05, 0) is 13.0 Å². The molecule has 0 unspecified atom stereocenters. The molecule has 2 N–H and O–H groups in total. The zero-order chi connectivity index (χ0) is 13.6. The minimum atomic E-state index is -5.05. The van der Waals surface area contributed by atoms with Crippen LogP contribution >= 0.6 is 0 Å². The van der Waals surface area contributed by atoms with Crippen LogP contribution in [0.2, 0.25) is 0 Å². The van der Waals surface area contributed by atoms with Gasteiger partial charge in [-0.3, -0.25) is 0 Å². The van der Waals surface area contributed by atoms with E-state index in [2.05, 4.69) is 0 Å². The third-order valence-corrected chi connectivity index (χ3v) is 2.11. The molecule has 8 heteroatoms. The van der Waals surface area contributed by atoms with Gasteiger partial charge in [0.25, 0.3) is 0 Å². The van der Waals surface area contributed by atoms with Crippen molar-refractivity contribution in [3.05, 3.63) is 22.8 Å². The molecule has 0 aliphatic carbocycles. The second-order valence-corrected chi connectivity index (χ2v) is 3.29. The molecule has 0 saturated carbocycles. The predicted octanol–water partition coefficient (Wildman–Crippen LogP) is 3.44. The monoisotopic (exact) mass is 260 g/mol. The van der Waals surface area contributed by atoms with Crippen LogP contribution in [-0.4, -0.2) is 10.2 Å². The molecule has 17 heavy (non-hydrogen) atoms. The Morgan fingerprint density at radius 1 is 0.941 bits per heavy atom. The maximum absolute atomic E-state index is 12.4. The first-order chi connectivity index (χ1) is 7.46. The number of rotatable bonds is 0. The first kappa shape index (κ1) is 13.5. The molecule has 0 fully saturated rings. The van der Waals surface area contributed by atoms with Crippen LogP contribution in [-0.2, 0) is 12.4 Å². The average molecular weight is 260 g/mol. The average Bonchev–Trinajstić information content (AvgIpc) is 2.07. The first-order valence-electron chi connectivity index (χ1n) is 4.16. The fraction of sp³-hybridized carbons (Fsp3) is 0.333. The molecule has 1 rings (SSSR count). The molecule has 0 bridgehead atoms. The summed E-state index contributed by atoms with van der Waals surface area (Å²) in [6, 6.07) is -0.148. The molecular formula is C9H6F6O2. The van der Waals surface area contributed by atoms with Crippen molar-refractivity contribution in [3.8, 4) is 11.5 Å². The second kappa shape index (κ2) is 3.71. The zero-order valence-electron chi connectivity index (χ0n) is 8.24.